The van der Waals surface area contributed by atoms with Gasteiger partial charge < -0.3 is 15.4 Å². The number of hydrogen-bond donors (Lipinski definition) is 3. The fourth-order valence-corrected chi connectivity index (χ4v) is 3.09. The van der Waals surface area contributed by atoms with Gasteiger partial charge in [-0.1, -0.05) is 46.9 Å². The van der Waals surface area contributed by atoms with Crippen LogP contribution in [0.2, 0.25) is 15.1 Å². The Morgan fingerprint density at radius 3 is 2.59 bits per heavy atom. The fraction of sp³-hybridized carbons (Fsp3) is 0.0588. The van der Waals surface area contributed by atoms with E-state index in [9.17, 15) is 14.7 Å². The third-order valence-corrected chi connectivity index (χ3v) is 4.40. The Balaban J connectivity index is 1.72. The second-order valence-corrected chi connectivity index (χ2v) is 6.64. The van der Waals surface area contributed by atoms with Gasteiger partial charge in [-0.3, -0.25) is 9.59 Å². The van der Waals surface area contributed by atoms with Gasteiger partial charge in [-0.05, 0) is 24.3 Å². The first kappa shape index (κ1) is 19.2. The van der Waals surface area contributed by atoms with Gasteiger partial charge in [-0.2, -0.15) is 0 Å². The fourth-order valence-electron chi connectivity index (χ4n) is 2.33. The molecule has 0 saturated heterocycles. The van der Waals surface area contributed by atoms with Crippen LogP contribution < -0.4 is 5.32 Å². The van der Waals surface area contributed by atoms with Crippen molar-refractivity contribution in [1.82, 2.24) is 10.3 Å². The van der Waals surface area contributed by atoms with Gasteiger partial charge >= 0.3 is 0 Å². The van der Waals surface area contributed by atoms with Crippen LogP contribution in [0.4, 0.5) is 5.69 Å². The van der Waals surface area contributed by atoms with E-state index in [4.69, 9.17) is 34.8 Å². The number of nitrogens with zero attached hydrogens (tertiary/aromatic N) is 2. The largest absolute Gasteiger partial charge is 0.493 e. The number of fused-ring (bicyclic) bond motifs is 1. The van der Waals surface area contributed by atoms with Gasteiger partial charge in [0.25, 0.3) is 11.8 Å². The van der Waals surface area contributed by atoms with Crippen molar-refractivity contribution >= 4 is 63.2 Å². The molecule has 0 saturated carbocycles. The molecule has 3 N–H and O–H groups in total. The van der Waals surface area contributed by atoms with E-state index in [2.05, 4.69) is 20.5 Å². The molecule has 0 atom stereocenters. The normalized spacial score (nSPS) is 11.2. The molecule has 0 aliphatic rings. The lowest BCUT2D eigenvalue weighted by atomic mass is 10.2. The highest BCUT2D eigenvalue weighted by molar-refractivity contribution is 6.39. The number of nitrogens with one attached hydrogen (secondary N) is 2. The number of amides is 2. The van der Waals surface area contributed by atoms with Crippen molar-refractivity contribution in [3.8, 4) is 5.88 Å². The molecule has 0 aliphatic carbocycles. The molecule has 2 aromatic carbocycles. The quantitative estimate of drug-likeness (QED) is 0.519. The molecule has 0 unspecified atom stereocenters. The summed E-state index contributed by atoms with van der Waals surface area (Å²) in [7, 11) is 0. The minimum Gasteiger partial charge on any atom is -0.493 e. The summed E-state index contributed by atoms with van der Waals surface area (Å²) in [4.78, 5) is 26.5. The number of aromatic amines is 1. The summed E-state index contributed by atoms with van der Waals surface area (Å²) >= 11 is 17.9. The Kier molecular flexibility index (Phi) is 5.65. The first-order valence-corrected chi connectivity index (χ1v) is 8.67. The molecule has 138 valence electrons. The number of aromatic hydroxyl groups is 1. The number of carbonyl (C=O) groups is 2. The summed E-state index contributed by atoms with van der Waals surface area (Å²) in [6, 6.07) is 9.45. The zero-order valence-electron chi connectivity index (χ0n) is 13.5. The van der Waals surface area contributed by atoms with Crippen LogP contribution in [0.3, 0.4) is 0 Å². The van der Waals surface area contributed by atoms with Crippen molar-refractivity contribution in [2.24, 2.45) is 10.2 Å². The Hall–Kier alpha value is -2.61. The summed E-state index contributed by atoms with van der Waals surface area (Å²) in [5.41, 5.74) is 0.662. The highest BCUT2D eigenvalue weighted by Gasteiger charge is 2.15. The van der Waals surface area contributed by atoms with Gasteiger partial charge in [-0.25, -0.2) is 0 Å². The zero-order chi connectivity index (χ0) is 19.6. The number of H-pyrrole nitrogens is 1. The minimum atomic E-state index is -0.725. The molecule has 0 fully saturated rings. The van der Waals surface area contributed by atoms with E-state index in [1.54, 1.807) is 18.2 Å². The van der Waals surface area contributed by atoms with Crippen molar-refractivity contribution in [3.05, 3.63) is 57.0 Å². The van der Waals surface area contributed by atoms with Crippen LogP contribution in [0.25, 0.3) is 10.9 Å². The van der Waals surface area contributed by atoms with Gasteiger partial charge in [-0.15, -0.1) is 10.2 Å². The second-order valence-electron chi connectivity index (χ2n) is 5.39. The zero-order valence-corrected chi connectivity index (χ0v) is 15.7. The predicted octanol–water partition coefficient (Wildman–Crippen LogP) is 4.87. The standard InChI is InChI=1S/C17H11Cl3N4O3/c18-8-5-10-14(12(20)6-8)22-17(27)15(10)24-23-13(25)7-21-16(26)9-3-1-2-4-11(9)19/h1-6,22,27H,7H2,(H,21,26). The van der Waals surface area contributed by atoms with Gasteiger partial charge in [0.05, 0.1) is 21.1 Å². The van der Waals surface area contributed by atoms with Crippen LogP contribution in [0, 0.1) is 0 Å². The minimum absolute atomic E-state index is 0.0141. The van der Waals surface area contributed by atoms with Crippen LogP contribution in [0.1, 0.15) is 10.4 Å². The smallest absolute Gasteiger partial charge is 0.283 e. The van der Waals surface area contributed by atoms with E-state index in [-0.39, 0.29) is 27.2 Å². The first-order chi connectivity index (χ1) is 12.9. The number of aromatic nitrogens is 1. The van der Waals surface area contributed by atoms with E-state index in [1.165, 1.54) is 18.2 Å². The number of hydrogen-bond acceptors (Lipinski definition) is 4. The highest BCUT2D eigenvalue weighted by Crippen LogP contribution is 2.40. The van der Waals surface area contributed by atoms with Crippen molar-refractivity contribution in [2.75, 3.05) is 6.54 Å². The number of carbonyl (C=O) groups excluding carboxylic acids is 2. The third-order valence-electron chi connectivity index (χ3n) is 3.56. The highest BCUT2D eigenvalue weighted by atomic mass is 35.5. The van der Waals surface area contributed by atoms with Crippen LogP contribution in [0.15, 0.2) is 46.6 Å². The van der Waals surface area contributed by atoms with Crippen LogP contribution in [-0.4, -0.2) is 28.4 Å². The molecule has 0 radical (unpaired) electrons. The van der Waals surface area contributed by atoms with E-state index < -0.39 is 18.4 Å². The van der Waals surface area contributed by atoms with Gasteiger partial charge in [0.1, 0.15) is 6.54 Å². The Morgan fingerprint density at radius 2 is 1.85 bits per heavy atom. The van der Waals surface area contributed by atoms with Gasteiger partial charge in [0.2, 0.25) is 5.88 Å². The average molecular weight is 426 g/mol. The molecular weight excluding hydrogens is 415 g/mol. The van der Waals surface area contributed by atoms with Crippen molar-refractivity contribution in [1.29, 1.82) is 0 Å². The summed E-state index contributed by atoms with van der Waals surface area (Å²) in [6.45, 7) is -0.391. The summed E-state index contributed by atoms with van der Waals surface area (Å²) in [5, 5.41) is 20.9. The lowest BCUT2D eigenvalue weighted by molar-refractivity contribution is -0.117. The lowest BCUT2D eigenvalue weighted by Crippen LogP contribution is -2.28. The van der Waals surface area contributed by atoms with E-state index in [1.807, 2.05) is 0 Å². The summed E-state index contributed by atoms with van der Waals surface area (Å²) in [5.74, 6) is -1.55. The molecule has 3 rings (SSSR count). The molecule has 2 amide bonds. The second kappa shape index (κ2) is 7.96. The number of rotatable bonds is 4. The summed E-state index contributed by atoms with van der Waals surface area (Å²) in [6.07, 6.45) is 0. The molecule has 10 heteroatoms. The van der Waals surface area contributed by atoms with Gasteiger partial charge in [0, 0.05) is 10.4 Å². The molecule has 0 aliphatic heterocycles. The average Bonchev–Trinajstić information content (AvgIpc) is 2.94. The van der Waals surface area contributed by atoms with Crippen molar-refractivity contribution in [2.45, 2.75) is 0 Å². The third kappa shape index (κ3) is 4.21. The van der Waals surface area contributed by atoms with E-state index in [0.29, 0.717) is 15.9 Å². The van der Waals surface area contributed by atoms with Crippen molar-refractivity contribution < 1.29 is 14.7 Å². The Morgan fingerprint density at radius 1 is 1.11 bits per heavy atom. The monoisotopic (exact) mass is 424 g/mol. The van der Waals surface area contributed by atoms with Crippen LogP contribution in [-0.2, 0) is 4.79 Å². The lowest BCUT2D eigenvalue weighted by Gasteiger charge is -2.03. The molecular formula is C17H11Cl3N4O3. The number of azo groups is 1. The number of benzene rings is 2. The maximum Gasteiger partial charge on any atom is 0.283 e. The Bertz CT molecular complexity index is 1080. The van der Waals surface area contributed by atoms with Gasteiger partial charge in [0.15, 0.2) is 5.69 Å². The Labute approximate surface area is 167 Å². The first-order valence-electron chi connectivity index (χ1n) is 7.54. The van der Waals surface area contributed by atoms with Crippen LogP contribution in [0.5, 0.6) is 5.88 Å². The van der Waals surface area contributed by atoms with Crippen LogP contribution >= 0.6 is 34.8 Å². The molecule has 27 heavy (non-hydrogen) atoms. The molecule has 0 bridgehead atoms. The maximum absolute atomic E-state index is 12.0. The van der Waals surface area contributed by atoms with E-state index >= 15 is 0 Å². The molecule has 3 aromatic rings. The van der Waals surface area contributed by atoms with Crippen molar-refractivity contribution in [3.63, 3.8) is 0 Å². The van der Waals surface area contributed by atoms with E-state index in [0.717, 1.165) is 0 Å². The topological polar surface area (TPSA) is 107 Å². The maximum atomic E-state index is 12.0. The summed E-state index contributed by atoms with van der Waals surface area (Å²) < 4.78 is 0. The molecule has 1 aromatic heterocycles. The molecule has 1 heterocycles. The molecule has 0 spiro atoms. The SMILES string of the molecule is O=C(CNC(=O)c1ccccc1Cl)N=Nc1c(O)[nH]c2c(Cl)cc(Cl)cc12. The molecule has 7 nitrogen and oxygen atoms in total. The number of halogens is 3. The predicted molar refractivity (Wildman–Crippen MR) is 103 cm³/mol.